The van der Waals surface area contributed by atoms with Gasteiger partial charge in [0.25, 0.3) is 0 Å². The predicted molar refractivity (Wildman–Crippen MR) is 121 cm³/mol. The summed E-state index contributed by atoms with van der Waals surface area (Å²) in [7, 11) is 0. The summed E-state index contributed by atoms with van der Waals surface area (Å²) in [6.07, 6.45) is 11.3. The Bertz CT molecular complexity index is 882. The van der Waals surface area contributed by atoms with Crippen molar-refractivity contribution in [1.29, 1.82) is 5.41 Å². The second-order valence-electron chi connectivity index (χ2n) is 7.33. The average molecular weight is 415 g/mol. The molecule has 6 heteroatoms. The molecule has 148 valence electrons. The molecule has 0 saturated heterocycles. The van der Waals surface area contributed by atoms with Crippen LogP contribution in [0.4, 0.5) is 5.69 Å². The van der Waals surface area contributed by atoms with Crippen LogP contribution in [0.3, 0.4) is 0 Å². The lowest BCUT2D eigenvalue weighted by Gasteiger charge is -2.20. The molecule has 0 bridgehead atoms. The van der Waals surface area contributed by atoms with E-state index in [0.29, 0.717) is 5.84 Å². The van der Waals surface area contributed by atoms with Gasteiger partial charge in [0.1, 0.15) is 11.7 Å². The van der Waals surface area contributed by atoms with Crippen molar-refractivity contribution < 1.29 is 0 Å². The molecule has 1 aliphatic rings. The van der Waals surface area contributed by atoms with E-state index in [9.17, 15) is 0 Å². The summed E-state index contributed by atoms with van der Waals surface area (Å²) in [4.78, 5) is 9.09. The molecule has 0 unspecified atom stereocenters. The molecule has 0 radical (unpaired) electrons. The molecule has 2 heterocycles. The maximum atomic E-state index is 8.19. The zero-order valence-electron chi connectivity index (χ0n) is 15.9. The molecule has 2 aromatic heterocycles. The van der Waals surface area contributed by atoms with Gasteiger partial charge >= 0.3 is 0 Å². The number of aromatic nitrogens is 2. The third kappa shape index (κ3) is 5.24. The Morgan fingerprint density at radius 1 is 1.18 bits per heavy atom. The number of rotatable bonds is 6. The minimum atomic E-state index is 0. The fourth-order valence-corrected chi connectivity index (χ4v) is 4.47. The molecule has 0 spiro atoms. The standard InChI is InChI=1S/C22H26N4S.ClH/c23-22(20-10-5-13-27-20)25-18-9-4-8-17(14-18)19-15-24-21(26-19)12-11-16-6-2-1-3-7-16;/h4-5,8-10,13-16H,1-3,6-7,11-12H2,(H2,23,25)(H,24,26);1H. The number of H-pyrrole nitrogens is 1. The van der Waals surface area contributed by atoms with Gasteiger partial charge in [-0.1, -0.05) is 50.3 Å². The Hall–Kier alpha value is -2.11. The summed E-state index contributed by atoms with van der Waals surface area (Å²) in [6, 6.07) is 12.0. The summed E-state index contributed by atoms with van der Waals surface area (Å²) in [5, 5.41) is 13.4. The largest absolute Gasteiger partial charge is 0.348 e. The van der Waals surface area contributed by atoms with Crippen LogP contribution in [0.5, 0.6) is 0 Å². The summed E-state index contributed by atoms with van der Waals surface area (Å²) in [5.41, 5.74) is 2.96. The first kappa shape index (κ1) is 20.6. The van der Waals surface area contributed by atoms with E-state index in [-0.39, 0.29) is 12.4 Å². The number of nitrogens with zero attached hydrogens (tertiary/aromatic N) is 1. The van der Waals surface area contributed by atoms with E-state index in [1.165, 1.54) is 38.5 Å². The molecule has 3 N–H and O–H groups in total. The average Bonchev–Trinajstić information content (AvgIpc) is 3.40. The lowest BCUT2D eigenvalue weighted by Crippen LogP contribution is -2.10. The first-order valence-electron chi connectivity index (χ1n) is 9.82. The van der Waals surface area contributed by atoms with Gasteiger partial charge in [0.15, 0.2) is 0 Å². The van der Waals surface area contributed by atoms with Gasteiger partial charge in [-0.25, -0.2) is 4.98 Å². The van der Waals surface area contributed by atoms with Crippen molar-refractivity contribution in [2.45, 2.75) is 44.9 Å². The SMILES string of the molecule is Cl.N=C(Nc1cccc(-c2c[nH]c(CCC3CCCCC3)n2)c1)c1cccs1. The number of thiophene rings is 1. The van der Waals surface area contributed by atoms with Gasteiger partial charge in [0.05, 0.1) is 10.6 Å². The number of halogens is 1. The lowest BCUT2D eigenvalue weighted by molar-refractivity contribution is 0.337. The molecule has 28 heavy (non-hydrogen) atoms. The van der Waals surface area contributed by atoms with Gasteiger partial charge in [0.2, 0.25) is 0 Å². The number of aromatic amines is 1. The highest BCUT2D eigenvalue weighted by Gasteiger charge is 2.14. The first-order valence-corrected chi connectivity index (χ1v) is 10.7. The predicted octanol–water partition coefficient (Wildman–Crippen LogP) is 6.51. The van der Waals surface area contributed by atoms with Crippen molar-refractivity contribution in [3.63, 3.8) is 0 Å². The number of hydrogen-bond acceptors (Lipinski definition) is 3. The molecule has 0 aliphatic heterocycles. The third-order valence-electron chi connectivity index (χ3n) is 5.34. The molecular formula is C22H27ClN4S. The summed E-state index contributed by atoms with van der Waals surface area (Å²) in [5.74, 6) is 2.39. The van der Waals surface area contributed by atoms with Gasteiger partial charge < -0.3 is 10.3 Å². The van der Waals surface area contributed by atoms with Crippen molar-refractivity contribution in [2.75, 3.05) is 5.32 Å². The minimum absolute atomic E-state index is 0. The van der Waals surface area contributed by atoms with Crippen LogP contribution < -0.4 is 5.32 Å². The normalized spacial score (nSPS) is 14.4. The summed E-state index contributed by atoms with van der Waals surface area (Å²) in [6.45, 7) is 0. The summed E-state index contributed by atoms with van der Waals surface area (Å²) < 4.78 is 0. The summed E-state index contributed by atoms with van der Waals surface area (Å²) >= 11 is 1.57. The smallest absolute Gasteiger partial charge is 0.140 e. The van der Waals surface area contributed by atoms with E-state index in [0.717, 1.165) is 40.0 Å². The lowest BCUT2D eigenvalue weighted by atomic mass is 9.86. The Kier molecular flexibility index (Phi) is 7.29. The number of nitrogens with one attached hydrogen (secondary N) is 3. The van der Waals surface area contributed by atoms with Gasteiger partial charge in [-0.3, -0.25) is 5.41 Å². The minimum Gasteiger partial charge on any atom is -0.348 e. The Labute approximate surface area is 176 Å². The maximum absolute atomic E-state index is 8.19. The van der Waals surface area contributed by atoms with Crippen LogP contribution in [-0.2, 0) is 6.42 Å². The number of aryl methyl sites for hydroxylation is 1. The van der Waals surface area contributed by atoms with Crippen molar-refractivity contribution in [1.82, 2.24) is 9.97 Å². The van der Waals surface area contributed by atoms with Crippen LogP contribution in [0.15, 0.2) is 48.0 Å². The van der Waals surface area contributed by atoms with Crippen molar-refractivity contribution in [3.8, 4) is 11.3 Å². The van der Waals surface area contributed by atoms with Crippen molar-refractivity contribution in [3.05, 3.63) is 58.7 Å². The van der Waals surface area contributed by atoms with Crippen LogP contribution >= 0.6 is 23.7 Å². The van der Waals surface area contributed by atoms with E-state index in [4.69, 9.17) is 10.4 Å². The molecule has 1 aliphatic carbocycles. The van der Waals surface area contributed by atoms with Crippen LogP contribution in [0.25, 0.3) is 11.3 Å². The fraction of sp³-hybridized carbons (Fsp3) is 0.364. The highest BCUT2D eigenvalue weighted by atomic mass is 35.5. The molecule has 1 saturated carbocycles. The molecule has 0 atom stereocenters. The Morgan fingerprint density at radius 2 is 2.04 bits per heavy atom. The van der Waals surface area contributed by atoms with E-state index < -0.39 is 0 Å². The first-order chi connectivity index (χ1) is 13.3. The second-order valence-corrected chi connectivity index (χ2v) is 8.28. The van der Waals surface area contributed by atoms with E-state index in [1.54, 1.807) is 11.3 Å². The van der Waals surface area contributed by atoms with E-state index in [2.05, 4.69) is 22.4 Å². The molecule has 4 rings (SSSR count). The molecule has 1 fully saturated rings. The topological polar surface area (TPSA) is 64.6 Å². The quantitative estimate of drug-likeness (QED) is 0.318. The second kappa shape index (κ2) is 9.89. The monoisotopic (exact) mass is 414 g/mol. The molecule has 4 nitrogen and oxygen atoms in total. The molecule has 1 aromatic carbocycles. The number of imidazole rings is 1. The fourth-order valence-electron chi connectivity index (χ4n) is 3.84. The van der Waals surface area contributed by atoms with E-state index in [1.807, 2.05) is 35.8 Å². The number of benzene rings is 1. The Morgan fingerprint density at radius 3 is 2.82 bits per heavy atom. The Balaban J connectivity index is 0.00000225. The third-order valence-corrected chi connectivity index (χ3v) is 6.23. The van der Waals surface area contributed by atoms with Crippen molar-refractivity contribution >= 4 is 35.3 Å². The highest BCUT2D eigenvalue weighted by molar-refractivity contribution is 7.12. The molecule has 0 amide bonds. The highest BCUT2D eigenvalue weighted by Crippen LogP contribution is 2.28. The molecule has 3 aromatic rings. The zero-order valence-corrected chi connectivity index (χ0v) is 17.5. The maximum Gasteiger partial charge on any atom is 0.140 e. The van der Waals surface area contributed by atoms with Gasteiger partial charge in [-0.2, -0.15) is 0 Å². The molecular weight excluding hydrogens is 388 g/mol. The number of hydrogen-bond donors (Lipinski definition) is 3. The zero-order chi connectivity index (χ0) is 18.5. The van der Waals surface area contributed by atoms with Crippen molar-refractivity contribution in [2.24, 2.45) is 5.92 Å². The van der Waals surface area contributed by atoms with Gasteiger partial charge in [0, 0.05) is 23.9 Å². The van der Waals surface area contributed by atoms with Gasteiger partial charge in [-0.15, -0.1) is 23.7 Å². The number of amidine groups is 1. The van der Waals surface area contributed by atoms with Crippen LogP contribution in [0.1, 0.15) is 49.2 Å². The van der Waals surface area contributed by atoms with Crippen LogP contribution in [0, 0.1) is 11.3 Å². The van der Waals surface area contributed by atoms with Gasteiger partial charge in [-0.05, 0) is 35.9 Å². The van der Waals surface area contributed by atoms with Crippen LogP contribution in [-0.4, -0.2) is 15.8 Å². The van der Waals surface area contributed by atoms with Crippen LogP contribution in [0.2, 0.25) is 0 Å². The number of anilines is 1. The van der Waals surface area contributed by atoms with E-state index >= 15 is 0 Å².